The molecule has 0 atom stereocenters. The highest BCUT2D eigenvalue weighted by Gasteiger charge is 2.14. The Kier molecular flexibility index (Phi) is 2.83. The van der Waals surface area contributed by atoms with Crippen molar-refractivity contribution in [2.24, 2.45) is 0 Å². The van der Waals surface area contributed by atoms with Crippen LogP contribution >= 0.6 is 15.9 Å². The minimum atomic E-state index is -0.981. The van der Waals surface area contributed by atoms with Crippen LogP contribution in [-0.4, -0.2) is 16.1 Å². The molecule has 0 radical (unpaired) electrons. The minimum Gasteiger partial charge on any atom is -0.478 e. The van der Waals surface area contributed by atoms with E-state index in [4.69, 9.17) is 4.42 Å². The molecule has 0 spiro atoms. The van der Waals surface area contributed by atoms with Gasteiger partial charge in [-0.25, -0.2) is 9.78 Å². The Hall–Kier alpha value is -2.14. The summed E-state index contributed by atoms with van der Waals surface area (Å²) in [5.74, 6) is -0.453. The van der Waals surface area contributed by atoms with Gasteiger partial charge in [-0.05, 0) is 40.2 Å². The van der Waals surface area contributed by atoms with E-state index in [0.717, 1.165) is 0 Å². The molecular weight excluding hydrogens is 310 g/mol. The van der Waals surface area contributed by atoms with E-state index in [-0.39, 0.29) is 5.56 Å². The monoisotopic (exact) mass is 317 g/mol. The van der Waals surface area contributed by atoms with Gasteiger partial charge in [0.05, 0.1) is 11.1 Å². The van der Waals surface area contributed by atoms with E-state index in [1.807, 2.05) is 6.07 Å². The summed E-state index contributed by atoms with van der Waals surface area (Å²) in [6, 6.07) is 12.1. The third kappa shape index (κ3) is 2.13. The smallest absolute Gasteiger partial charge is 0.336 e. The fourth-order valence-electron chi connectivity index (χ4n) is 1.93. The second kappa shape index (κ2) is 4.51. The summed E-state index contributed by atoms with van der Waals surface area (Å²) in [5.41, 5.74) is 1.35. The lowest BCUT2D eigenvalue weighted by atomic mass is 10.1. The van der Waals surface area contributed by atoms with Crippen LogP contribution in [0.4, 0.5) is 0 Å². The van der Waals surface area contributed by atoms with Crippen LogP contribution < -0.4 is 0 Å². The summed E-state index contributed by atoms with van der Waals surface area (Å²) < 4.78 is 5.99. The normalized spacial score (nSPS) is 10.8. The molecule has 5 heteroatoms. The zero-order valence-corrected chi connectivity index (χ0v) is 11.2. The lowest BCUT2D eigenvalue weighted by Crippen LogP contribution is -1.99. The second-order valence-corrected chi connectivity index (χ2v) is 4.76. The van der Waals surface area contributed by atoms with E-state index in [1.54, 1.807) is 30.3 Å². The van der Waals surface area contributed by atoms with E-state index in [2.05, 4.69) is 20.9 Å². The van der Waals surface area contributed by atoms with Crippen molar-refractivity contribution < 1.29 is 14.3 Å². The largest absolute Gasteiger partial charge is 0.478 e. The standard InChI is InChI=1S/C14H8BrNO3/c15-13-6-5-12(19-13)11-7-9(14(17)18)8-3-1-2-4-10(8)16-11/h1-7H,(H,17,18). The van der Waals surface area contributed by atoms with E-state index >= 15 is 0 Å². The minimum absolute atomic E-state index is 0.216. The van der Waals surface area contributed by atoms with Crippen molar-refractivity contribution in [1.82, 2.24) is 4.98 Å². The molecule has 0 aliphatic rings. The van der Waals surface area contributed by atoms with Crippen LogP contribution in [0.1, 0.15) is 10.4 Å². The number of fused-ring (bicyclic) bond motifs is 1. The zero-order chi connectivity index (χ0) is 13.4. The van der Waals surface area contributed by atoms with Crippen LogP contribution in [0.25, 0.3) is 22.4 Å². The summed E-state index contributed by atoms with van der Waals surface area (Å²) in [6.07, 6.45) is 0. The van der Waals surface area contributed by atoms with Crippen LogP contribution in [0.15, 0.2) is 51.6 Å². The molecule has 19 heavy (non-hydrogen) atoms. The number of benzene rings is 1. The molecule has 4 nitrogen and oxygen atoms in total. The number of hydrogen-bond donors (Lipinski definition) is 1. The maximum absolute atomic E-state index is 11.3. The Morgan fingerprint density at radius 1 is 1.21 bits per heavy atom. The summed E-state index contributed by atoms with van der Waals surface area (Å²) >= 11 is 3.22. The van der Waals surface area contributed by atoms with E-state index in [1.165, 1.54) is 6.07 Å². The van der Waals surface area contributed by atoms with Crippen molar-refractivity contribution in [2.75, 3.05) is 0 Å². The van der Waals surface area contributed by atoms with Gasteiger partial charge >= 0.3 is 5.97 Å². The zero-order valence-electron chi connectivity index (χ0n) is 9.63. The molecule has 1 aromatic carbocycles. The number of halogens is 1. The van der Waals surface area contributed by atoms with Crippen molar-refractivity contribution in [3.8, 4) is 11.5 Å². The van der Waals surface area contributed by atoms with Crippen LogP contribution in [-0.2, 0) is 0 Å². The molecule has 0 aliphatic carbocycles. The lowest BCUT2D eigenvalue weighted by molar-refractivity contribution is 0.0699. The Balaban J connectivity index is 2.30. The average Bonchev–Trinajstić information content (AvgIpc) is 2.84. The number of pyridine rings is 1. The molecule has 3 aromatic rings. The predicted octanol–water partition coefficient (Wildman–Crippen LogP) is 3.96. The van der Waals surface area contributed by atoms with Crippen LogP contribution in [0, 0.1) is 0 Å². The number of carbonyl (C=O) groups is 1. The quantitative estimate of drug-likeness (QED) is 0.777. The van der Waals surface area contributed by atoms with Gasteiger partial charge in [0, 0.05) is 5.39 Å². The van der Waals surface area contributed by atoms with Gasteiger partial charge < -0.3 is 9.52 Å². The van der Waals surface area contributed by atoms with Gasteiger partial charge in [-0.2, -0.15) is 0 Å². The molecule has 0 saturated heterocycles. The van der Waals surface area contributed by atoms with Crippen molar-refractivity contribution in [3.63, 3.8) is 0 Å². The topological polar surface area (TPSA) is 63.3 Å². The van der Waals surface area contributed by atoms with E-state index in [9.17, 15) is 9.90 Å². The number of aromatic nitrogens is 1. The number of hydrogen-bond acceptors (Lipinski definition) is 3. The third-order valence-electron chi connectivity index (χ3n) is 2.77. The molecule has 0 amide bonds. The summed E-state index contributed by atoms with van der Waals surface area (Å²) in [4.78, 5) is 15.8. The Morgan fingerprint density at radius 2 is 2.00 bits per heavy atom. The molecule has 0 aliphatic heterocycles. The molecule has 0 saturated carbocycles. The third-order valence-corrected chi connectivity index (χ3v) is 3.20. The molecular formula is C14H8BrNO3. The van der Waals surface area contributed by atoms with Gasteiger partial charge in [0.15, 0.2) is 10.4 Å². The summed E-state index contributed by atoms with van der Waals surface area (Å²) in [7, 11) is 0. The molecule has 0 fully saturated rings. The molecule has 1 N–H and O–H groups in total. The highest BCUT2D eigenvalue weighted by atomic mass is 79.9. The molecule has 0 bridgehead atoms. The molecule has 3 rings (SSSR count). The molecule has 94 valence electrons. The van der Waals surface area contributed by atoms with Crippen molar-refractivity contribution in [3.05, 3.63) is 52.7 Å². The van der Waals surface area contributed by atoms with Gasteiger partial charge in [-0.1, -0.05) is 18.2 Å². The average molecular weight is 318 g/mol. The van der Waals surface area contributed by atoms with Gasteiger partial charge in [-0.15, -0.1) is 0 Å². The first-order chi connectivity index (χ1) is 9.15. The first-order valence-corrected chi connectivity index (χ1v) is 6.33. The van der Waals surface area contributed by atoms with Gasteiger partial charge in [0.25, 0.3) is 0 Å². The van der Waals surface area contributed by atoms with Gasteiger partial charge in [0.1, 0.15) is 5.69 Å². The number of para-hydroxylation sites is 1. The Morgan fingerprint density at radius 3 is 2.68 bits per heavy atom. The number of carboxylic acids is 1. The van der Waals surface area contributed by atoms with Crippen molar-refractivity contribution in [1.29, 1.82) is 0 Å². The van der Waals surface area contributed by atoms with E-state index < -0.39 is 5.97 Å². The highest BCUT2D eigenvalue weighted by molar-refractivity contribution is 9.10. The SMILES string of the molecule is O=C(O)c1cc(-c2ccc(Br)o2)nc2ccccc12. The first kappa shape index (κ1) is 11.9. The Labute approximate surface area is 116 Å². The number of furan rings is 1. The molecule has 2 heterocycles. The van der Waals surface area contributed by atoms with Gasteiger partial charge in [0.2, 0.25) is 0 Å². The number of carboxylic acid groups (broad SMARTS) is 1. The van der Waals surface area contributed by atoms with Crippen molar-refractivity contribution >= 4 is 32.8 Å². The maximum atomic E-state index is 11.3. The number of rotatable bonds is 2. The molecule has 2 aromatic heterocycles. The van der Waals surface area contributed by atoms with E-state index in [0.29, 0.717) is 27.0 Å². The van der Waals surface area contributed by atoms with Crippen molar-refractivity contribution in [2.45, 2.75) is 0 Å². The fourth-order valence-corrected chi connectivity index (χ4v) is 2.24. The van der Waals surface area contributed by atoms with Gasteiger partial charge in [-0.3, -0.25) is 0 Å². The highest BCUT2D eigenvalue weighted by Crippen LogP contribution is 2.27. The summed E-state index contributed by atoms with van der Waals surface area (Å²) in [5, 5.41) is 9.91. The number of nitrogens with zero attached hydrogens (tertiary/aromatic N) is 1. The van der Waals surface area contributed by atoms with Crippen LogP contribution in [0.3, 0.4) is 0 Å². The molecule has 0 unspecified atom stereocenters. The number of aromatic carboxylic acids is 1. The summed E-state index contributed by atoms with van der Waals surface area (Å²) in [6.45, 7) is 0. The fraction of sp³-hybridized carbons (Fsp3) is 0. The lowest BCUT2D eigenvalue weighted by Gasteiger charge is -2.04. The second-order valence-electron chi connectivity index (χ2n) is 3.98. The Bertz CT molecular complexity index is 779. The van der Waals surface area contributed by atoms with Crippen LogP contribution in [0.5, 0.6) is 0 Å². The van der Waals surface area contributed by atoms with Crippen LogP contribution in [0.2, 0.25) is 0 Å². The maximum Gasteiger partial charge on any atom is 0.336 e. The first-order valence-electron chi connectivity index (χ1n) is 5.54. The predicted molar refractivity (Wildman–Crippen MR) is 74.1 cm³/mol.